The van der Waals surface area contributed by atoms with E-state index in [0.717, 1.165) is 24.8 Å². The smallest absolute Gasteiger partial charge is 0.237 e. The van der Waals surface area contributed by atoms with Crippen LogP contribution in [0.4, 0.5) is 0 Å². The van der Waals surface area contributed by atoms with Crippen molar-refractivity contribution in [2.75, 3.05) is 13.1 Å². The van der Waals surface area contributed by atoms with Gasteiger partial charge in [0.2, 0.25) is 11.8 Å². The van der Waals surface area contributed by atoms with Crippen molar-refractivity contribution in [2.24, 2.45) is 0 Å². The van der Waals surface area contributed by atoms with Gasteiger partial charge in [-0.1, -0.05) is 23.7 Å². The highest BCUT2D eigenvalue weighted by Crippen LogP contribution is 2.41. The van der Waals surface area contributed by atoms with Gasteiger partial charge in [0.15, 0.2) is 0 Å². The minimum absolute atomic E-state index is 0.0319. The van der Waals surface area contributed by atoms with Gasteiger partial charge < -0.3 is 15.5 Å². The highest BCUT2D eigenvalue weighted by Gasteiger charge is 2.40. The summed E-state index contributed by atoms with van der Waals surface area (Å²) < 4.78 is 0. The maximum atomic E-state index is 12.4. The van der Waals surface area contributed by atoms with Crippen LogP contribution >= 0.6 is 11.6 Å². The van der Waals surface area contributed by atoms with Crippen LogP contribution in [0.2, 0.25) is 5.02 Å². The van der Waals surface area contributed by atoms with Crippen LogP contribution in [0.5, 0.6) is 0 Å². The molecule has 1 aromatic rings. The van der Waals surface area contributed by atoms with Crippen molar-refractivity contribution in [1.29, 1.82) is 5.26 Å². The zero-order valence-corrected chi connectivity index (χ0v) is 17.1. The zero-order valence-electron chi connectivity index (χ0n) is 16.4. The fourth-order valence-corrected chi connectivity index (χ4v) is 4.00. The Labute approximate surface area is 171 Å². The molecule has 0 radical (unpaired) electrons. The van der Waals surface area contributed by atoms with E-state index in [0.29, 0.717) is 17.5 Å². The van der Waals surface area contributed by atoms with Gasteiger partial charge in [0.25, 0.3) is 0 Å². The molecule has 2 fully saturated rings. The van der Waals surface area contributed by atoms with E-state index in [1.807, 2.05) is 38.1 Å². The van der Waals surface area contributed by atoms with Gasteiger partial charge in [0, 0.05) is 35.5 Å². The number of halogens is 1. The van der Waals surface area contributed by atoms with Crippen molar-refractivity contribution in [3.8, 4) is 6.07 Å². The molecule has 1 aliphatic heterocycles. The van der Waals surface area contributed by atoms with E-state index < -0.39 is 5.54 Å². The monoisotopic (exact) mass is 402 g/mol. The molecule has 2 N–H and O–H groups in total. The first-order chi connectivity index (χ1) is 13.3. The molecule has 3 rings (SSSR count). The van der Waals surface area contributed by atoms with Crippen molar-refractivity contribution >= 4 is 23.4 Å². The second-order valence-corrected chi connectivity index (χ2v) is 8.80. The van der Waals surface area contributed by atoms with E-state index in [-0.39, 0.29) is 36.9 Å². The van der Waals surface area contributed by atoms with E-state index in [1.54, 1.807) is 4.90 Å². The average molecular weight is 403 g/mol. The summed E-state index contributed by atoms with van der Waals surface area (Å²) in [6.07, 6.45) is 2.80. The summed E-state index contributed by atoms with van der Waals surface area (Å²) in [5.41, 5.74) is 0.639. The minimum Gasteiger partial charge on any atom is -0.353 e. The Morgan fingerprint density at radius 3 is 2.89 bits per heavy atom. The number of hydrogen-bond donors (Lipinski definition) is 2. The van der Waals surface area contributed by atoms with Gasteiger partial charge in [-0.3, -0.25) is 9.59 Å². The topological polar surface area (TPSA) is 85.2 Å². The molecule has 2 amide bonds. The molecular formula is C21H27ClN4O2. The molecule has 0 aromatic heterocycles. The van der Waals surface area contributed by atoms with E-state index in [9.17, 15) is 9.59 Å². The van der Waals surface area contributed by atoms with Crippen LogP contribution in [0.25, 0.3) is 0 Å². The van der Waals surface area contributed by atoms with Crippen LogP contribution in [0.3, 0.4) is 0 Å². The fraction of sp³-hybridized carbons (Fsp3) is 0.571. The molecule has 2 aliphatic rings. The molecule has 0 bridgehead atoms. The lowest BCUT2D eigenvalue weighted by atomic mass is 10.00. The molecule has 0 unspecified atom stereocenters. The summed E-state index contributed by atoms with van der Waals surface area (Å²) in [5.74, 6) is 0.203. The molecule has 0 spiro atoms. The number of likely N-dealkylation sites (tertiary alicyclic amines) is 1. The normalized spacial score (nSPS) is 23.9. The number of nitrogens with zero attached hydrogens (tertiary/aromatic N) is 2. The van der Waals surface area contributed by atoms with Crippen LogP contribution in [0, 0.1) is 11.3 Å². The van der Waals surface area contributed by atoms with Gasteiger partial charge in [0.1, 0.15) is 6.04 Å². The predicted molar refractivity (Wildman–Crippen MR) is 108 cm³/mol. The Balaban J connectivity index is 1.43. The summed E-state index contributed by atoms with van der Waals surface area (Å²) in [6.45, 7) is 4.58. The number of nitriles is 1. The summed E-state index contributed by atoms with van der Waals surface area (Å²) in [4.78, 5) is 26.4. The van der Waals surface area contributed by atoms with E-state index >= 15 is 0 Å². The van der Waals surface area contributed by atoms with Gasteiger partial charge >= 0.3 is 0 Å². The van der Waals surface area contributed by atoms with Crippen molar-refractivity contribution in [3.63, 3.8) is 0 Å². The third-order valence-corrected chi connectivity index (χ3v) is 5.69. The quantitative estimate of drug-likeness (QED) is 0.734. The van der Waals surface area contributed by atoms with Gasteiger partial charge in [0.05, 0.1) is 12.6 Å². The number of carbonyl (C=O) groups excluding carboxylic acids is 2. The molecule has 3 atom stereocenters. The molecule has 1 heterocycles. The number of nitrogens with one attached hydrogen (secondary N) is 2. The van der Waals surface area contributed by atoms with Crippen LogP contribution in [0.1, 0.15) is 51.0 Å². The first-order valence-electron chi connectivity index (χ1n) is 9.78. The Kier molecular flexibility index (Phi) is 6.26. The van der Waals surface area contributed by atoms with Gasteiger partial charge in [-0.25, -0.2) is 0 Å². The Morgan fingerprint density at radius 2 is 2.18 bits per heavy atom. The maximum Gasteiger partial charge on any atom is 0.237 e. The summed E-state index contributed by atoms with van der Waals surface area (Å²) in [7, 11) is 0. The first kappa shape index (κ1) is 20.6. The molecule has 150 valence electrons. The second-order valence-electron chi connectivity index (χ2n) is 8.36. The number of hydrogen-bond acceptors (Lipinski definition) is 4. The lowest BCUT2D eigenvalue weighted by Crippen LogP contribution is -2.49. The highest BCUT2D eigenvalue weighted by atomic mass is 35.5. The summed E-state index contributed by atoms with van der Waals surface area (Å²) in [5, 5.41) is 16.1. The lowest BCUT2D eigenvalue weighted by molar-refractivity contribution is -0.131. The van der Waals surface area contributed by atoms with Crippen molar-refractivity contribution in [1.82, 2.24) is 15.5 Å². The van der Waals surface area contributed by atoms with Gasteiger partial charge in [-0.15, -0.1) is 0 Å². The largest absolute Gasteiger partial charge is 0.353 e. The van der Waals surface area contributed by atoms with Crippen LogP contribution < -0.4 is 10.6 Å². The lowest BCUT2D eigenvalue weighted by Gasteiger charge is -2.27. The van der Waals surface area contributed by atoms with E-state index in [2.05, 4.69) is 16.7 Å². The highest BCUT2D eigenvalue weighted by molar-refractivity contribution is 6.30. The molecule has 28 heavy (non-hydrogen) atoms. The molecule has 7 heteroatoms. The maximum absolute atomic E-state index is 12.4. The Bertz CT molecular complexity index is 789. The van der Waals surface area contributed by atoms with Crippen molar-refractivity contribution < 1.29 is 9.59 Å². The summed E-state index contributed by atoms with van der Waals surface area (Å²) in [6, 6.07) is 9.75. The molecule has 1 aromatic carbocycles. The number of benzene rings is 1. The number of carbonyl (C=O) groups is 2. The fourth-order valence-electron chi connectivity index (χ4n) is 3.80. The van der Waals surface area contributed by atoms with Crippen LogP contribution in [-0.4, -0.2) is 47.4 Å². The van der Waals surface area contributed by atoms with Crippen LogP contribution in [0.15, 0.2) is 24.3 Å². The molecule has 1 saturated carbocycles. The zero-order chi connectivity index (χ0) is 20.3. The van der Waals surface area contributed by atoms with E-state index in [4.69, 9.17) is 16.9 Å². The second kappa shape index (κ2) is 8.50. The number of rotatable bonds is 7. The average Bonchev–Trinajstić information content (AvgIpc) is 3.22. The van der Waals surface area contributed by atoms with E-state index in [1.165, 1.54) is 0 Å². The number of amides is 2. The molecular weight excluding hydrogens is 376 g/mol. The molecule has 6 nitrogen and oxygen atoms in total. The Morgan fingerprint density at radius 1 is 1.39 bits per heavy atom. The molecule has 1 saturated heterocycles. The van der Waals surface area contributed by atoms with Crippen molar-refractivity contribution in [3.05, 3.63) is 34.9 Å². The van der Waals surface area contributed by atoms with Crippen LogP contribution in [-0.2, 0) is 9.59 Å². The third-order valence-electron chi connectivity index (χ3n) is 5.46. The van der Waals surface area contributed by atoms with Crippen molar-refractivity contribution in [2.45, 2.75) is 63.1 Å². The Hall–Kier alpha value is -2.10. The minimum atomic E-state index is -0.512. The summed E-state index contributed by atoms with van der Waals surface area (Å²) >= 11 is 6.04. The standard InChI is InChI=1S/C21H27ClN4O2/c1-21(2,24-13-20(28)26-8-4-7-16(26)12-23)11-19(27)25-18-10-17(18)14-5-3-6-15(22)9-14/h3,5-6,9,16-18,24H,4,7-8,10-11,13H2,1-2H3,(H,25,27)/t16-,17-,18+/m0/s1. The van der Waals surface area contributed by atoms with Gasteiger partial charge in [-0.2, -0.15) is 5.26 Å². The predicted octanol–water partition coefficient (Wildman–Crippen LogP) is 2.58. The molecule has 1 aliphatic carbocycles. The SMILES string of the molecule is CC(C)(CC(=O)N[C@@H]1C[C@H]1c1cccc(Cl)c1)NCC(=O)N1CCC[C@H]1C#N. The van der Waals surface area contributed by atoms with Gasteiger partial charge in [-0.05, 0) is 50.8 Å². The third kappa shape index (κ3) is 5.24. The first-order valence-corrected chi connectivity index (χ1v) is 10.2.